The van der Waals surface area contributed by atoms with Crippen LogP contribution >= 0.6 is 12.2 Å². The Kier molecular flexibility index (Phi) is 13.2. The van der Waals surface area contributed by atoms with E-state index in [0.717, 1.165) is 23.7 Å². The van der Waals surface area contributed by atoms with Gasteiger partial charge >= 0.3 is 0 Å². The number of thiocarbonyl (C=S) groups is 1. The molecule has 3 aromatic carbocycles. The Bertz CT molecular complexity index is 2060. The first-order valence-corrected chi connectivity index (χ1v) is 21.6. The van der Waals surface area contributed by atoms with Gasteiger partial charge in [-0.1, -0.05) is 56.0 Å². The number of nitrogens with one attached hydrogen (secondary N) is 2. The molecule has 0 fully saturated rings. The highest BCUT2D eigenvalue weighted by Gasteiger charge is 2.22. The summed E-state index contributed by atoms with van der Waals surface area (Å²) in [5.74, 6) is -2.00. The maximum atomic E-state index is 15.6. The molecule has 0 unspecified atom stereocenters. The van der Waals surface area contributed by atoms with E-state index in [0.29, 0.717) is 53.0 Å². The zero-order valence-corrected chi connectivity index (χ0v) is 32.4. The van der Waals surface area contributed by atoms with Crippen LogP contribution in [-0.2, 0) is 17.9 Å². The lowest BCUT2D eigenvalue weighted by Gasteiger charge is -2.18. The molecule has 2 heterocycles. The number of anilines is 1. The van der Waals surface area contributed by atoms with Crippen LogP contribution in [0.25, 0.3) is 22.2 Å². The molecule has 9 nitrogen and oxygen atoms in total. The van der Waals surface area contributed by atoms with Crippen molar-refractivity contribution in [1.82, 2.24) is 14.9 Å². The van der Waals surface area contributed by atoms with Crippen LogP contribution in [0.4, 0.5) is 14.5 Å². The number of fused-ring (bicyclic) bond motifs is 1. The van der Waals surface area contributed by atoms with Crippen molar-refractivity contribution in [3.8, 4) is 34.4 Å². The second-order valence-electron chi connectivity index (χ2n) is 14.3. The fourth-order valence-electron chi connectivity index (χ4n) is 5.67. The van der Waals surface area contributed by atoms with E-state index in [2.05, 4.69) is 41.3 Å². The van der Waals surface area contributed by atoms with Crippen LogP contribution in [0.1, 0.15) is 25.0 Å². The van der Waals surface area contributed by atoms with Crippen LogP contribution in [0.15, 0.2) is 79.1 Å². The highest BCUT2D eigenvalue weighted by Crippen LogP contribution is 2.41. The number of rotatable bonds is 16. The van der Waals surface area contributed by atoms with Gasteiger partial charge in [-0.15, -0.1) is 0 Å². The van der Waals surface area contributed by atoms with Crippen molar-refractivity contribution < 1.29 is 28.1 Å². The average Bonchev–Trinajstić information content (AvgIpc) is 3.49. The maximum absolute atomic E-state index is 15.6. The number of hydrogen-bond donors (Lipinski definition) is 3. The van der Waals surface area contributed by atoms with Gasteiger partial charge in [0.05, 0.1) is 17.1 Å². The number of aromatic nitrogens is 2. The van der Waals surface area contributed by atoms with Crippen molar-refractivity contribution >= 4 is 42.1 Å². The Balaban J connectivity index is 1.41. The molecular weight excluding hydrogens is 713 g/mol. The van der Waals surface area contributed by atoms with Gasteiger partial charge in [-0.25, -0.2) is 13.8 Å². The summed E-state index contributed by atoms with van der Waals surface area (Å²) in [6, 6.07) is 22.0. The smallest absolute Gasteiger partial charge is 0.198 e. The molecule has 0 aliphatic rings. The third kappa shape index (κ3) is 10.6. The number of aliphatic hydroxyl groups is 1. The van der Waals surface area contributed by atoms with Crippen LogP contribution in [0.5, 0.6) is 17.2 Å². The van der Waals surface area contributed by atoms with Gasteiger partial charge in [-0.3, -0.25) is 0 Å². The number of hydrogen-bond acceptors (Lipinski definition) is 7. The normalized spacial score (nSPS) is 12.1. The standard InChI is InChI=1S/C40H45F2N5O4SSi/c1-26(2)50-35-12-11-29(18-30(35)21-43)32-23-47(25-49-15-16-53(3,4)5)39-37(32)36(13-14-44-39)51-38-33(41)19-31(20-34(38)42)46-40(52)45-22-28(24-48)17-27-9-7-6-8-10-27/h6-14,18-20,23,26,28,48H,15-17,22,24-25H2,1-5H3,(H2,45,46,52)/t28-/m1/s1. The topological polar surface area (TPSA) is 114 Å². The summed E-state index contributed by atoms with van der Waals surface area (Å²) < 4.78 is 51.0. The molecule has 1 atom stereocenters. The molecule has 0 aliphatic heterocycles. The highest BCUT2D eigenvalue weighted by molar-refractivity contribution is 7.80. The second-order valence-corrected chi connectivity index (χ2v) is 20.3. The second kappa shape index (κ2) is 17.8. The van der Waals surface area contributed by atoms with Crippen molar-refractivity contribution in [2.75, 3.05) is 25.1 Å². The van der Waals surface area contributed by atoms with Crippen LogP contribution < -0.4 is 20.1 Å². The summed E-state index contributed by atoms with van der Waals surface area (Å²) >= 11 is 5.38. The van der Waals surface area contributed by atoms with Gasteiger partial charge in [-0.05, 0) is 67.9 Å². The van der Waals surface area contributed by atoms with E-state index in [4.69, 9.17) is 26.4 Å². The van der Waals surface area contributed by atoms with Gasteiger partial charge in [0.2, 0.25) is 0 Å². The Morgan fingerprint density at radius 3 is 2.43 bits per heavy atom. The molecule has 278 valence electrons. The first-order valence-electron chi connectivity index (χ1n) is 17.5. The molecule has 3 N–H and O–H groups in total. The van der Waals surface area contributed by atoms with E-state index >= 15 is 8.78 Å². The van der Waals surface area contributed by atoms with Gasteiger partial charge in [-0.2, -0.15) is 5.26 Å². The lowest BCUT2D eigenvalue weighted by Crippen LogP contribution is -2.34. The SMILES string of the molecule is CC(C)Oc1ccc(-c2cn(COCC[Si](C)(C)C)c3nccc(Oc4c(F)cc(NC(=S)NC[C@H](CO)Cc5ccccc5)cc4F)c23)cc1C#N. The summed E-state index contributed by atoms with van der Waals surface area (Å²) in [5, 5.41) is 26.3. The molecule has 0 radical (unpaired) electrons. The van der Waals surface area contributed by atoms with Gasteiger partial charge < -0.3 is 34.5 Å². The number of aliphatic hydroxyl groups excluding tert-OH is 1. The lowest BCUT2D eigenvalue weighted by atomic mass is 10.0. The molecule has 53 heavy (non-hydrogen) atoms. The predicted octanol–water partition coefficient (Wildman–Crippen LogP) is 8.88. The highest BCUT2D eigenvalue weighted by atomic mass is 32.1. The average molecular weight is 758 g/mol. The van der Waals surface area contributed by atoms with E-state index in [1.807, 2.05) is 61.0 Å². The van der Waals surface area contributed by atoms with Crippen molar-refractivity contribution in [3.05, 3.63) is 102 Å². The van der Waals surface area contributed by atoms with Crippen molar-refractivity contribution in [1.29, 1.82) is 5.26 Å². The fraction of sp³-hybridized carbons (Fsp3) is 0.325. The predicted molar refractivity (Wildman–Crippen MR) is 211 cm³/mol. The van der Waals surface area contributed by atoms with Crippen molar-refractivity contribution in [2.45, 2.75) is 58.8 Å². The lowest BCUT2D eigenvalue weighted by molar-refractivity contribution is 0.0899. The van der Waals surface area contributed by atoms with Gasteiger partial charge in [0.15, 0.2) is 22.5 Å². The van der Waals surface area contributed by atoms with Gasteiger partial charge in [0.1, 0.15) is 29.9 Å². The van der Waals surface area contributed by atoms with Gasteiger partial charge in [0.25, 0.3) is 0 Å². The Hall–Kier alpha value is -4.87. The van der Waals surface area contributed by atoms with E-state index < -0.39 is 25.5 Å². The summed E-state index contributed by atoms with van der Waals surface area (Å²) in [7, 11) is -1.33. The third-order valence-corrected chi connectivity index (χ3v) is 10.3. The maximum Gasteiger partial charge on any atom is 0.198 e. The number of nitrogens with zero attached hydrogens (tertiary/aromatic N) is 3. The number of halogens is 2. The zero-order valence-electron chi connectivity index (χ0n) is 30.6. The summed E-state index contributed by atoms with van der Waals surface area (Å²) in [6.45, 7) is 11.7. The first kappa shape index (κ1) is 39.3. The number of ether oxygens (including phenoxy) is 3. The molecular formula is C40H45F2N5O4SSi. The van der Waals surface area contributed by atoms with Crippen molar-refractivity contribution in [2.24, 2.45) is 5.92 Å². The summed E-state index contributed by atoms with van der Waals surface area (Å²) in [5.41, 5.74) is 3.28. The minimum Gasteiger partial charge on any atom is -0.490 e. The molecule has 5 aromatic rings. The van der Waals surface area contributed by atoms with Gasteiger partial charge in [0, 0.05) is 69.5 Å². The Labute approximate surface area is 315 Å². The van der Waals surface area contributed by atoms with E-state index in [1.165, 1.54) is 6.20 Å². The molecule has 0 spiro atoms. The molecule has 0 saturated carbocycles. The first-order chi connectivity index (χ1) is 25.3. The van der Waals surface area contributed by atoms with E-state index in [9.17, 15) is 10.4 Å². The fourth-order valence-corrected chi connectivity index (χ4v) is 6.63. The number of benzene rings is 3. The zero-order chi connectivity index (χ0) is 38.1. The van der Waals surface area contributed by atoms with Crippen LogP contribution in [0.2, 0.25) is 25.7 Å². The summed E-state index contributed by atoms with van der Waals surface area (Å²) in [4.78, 5) is 4.59. The number of pyridine rings is 1. The quantitative estimate of drug-likeness (QED) is 0.0516. The minimum atomic E-state index is -1.33. The van der Waals surface area contributed by atoms with Crippen molar-refractivity contribution in [3.63, 3.8) is 0 Å². The molecule has 0 aliphatic carbocycles. The minimum absolute atomic E-state index is 0.0594. The molecule has 0 amide bonds. The molecule has 5 rings (SSSR count). The Morgan fingerprint density at radius 1 is 1.04 bits per heavy atom. The monoisotopic (exact) mass is 757 g/mol. The third-order valence-electron chi connectivity index (χ3n) is 8.36. The van der Waals surface area contributed by atoms with E-state index in [1.54, 1.807) is 18.2 Å². The van der Waals surface area contributed by atoms with Crippen LogP contribution in [-0.4, -0.2) is 53.7 Å². The van der Waals surface area contributed by atoms with E-state index in [-0.39, 0.29) is 41.9 Å². The Morgan fingerprint density at radius 2 is 1.77 bits per heavy atom. The molecule has 0 bridgehead atoms. The summed E-state index contributed by atoms with van der Waals surface area (Å²) in [6.07, 6.45) is 3.86. The molecule has 0 saturated heterocycles. The molecule has 13 heteroatoms. The largest absolute Gasteiger partial charge is 0.490 e. The molecule has 2 aromatic heterocycles. The van der Waals surface area contributed by atoms with Crippen LogP contribution in [0, 0.1) is 28.9 Å². The van der Waals surface area contributed by atoms with Crippen LogP contribution in [0.3, 0.4) is 0 Å². The number of nitriles is 1.